The minimum Gasteiger partial charge on any atom is -0.378 e. The van der Waals surface area contributed by atoms with Crippen LogP contribution in [0.2, 0.25) is 0 Å². The maximum atomic E-state index is 5.64. The maximum absolute atomic E-state index is 5.64. The zero-order valence-corrected chi connectivity index (χ0v) is 10.0. The molecule has 0 radical (unpaired) electrons. The highest BCUT2D eigenvalue weighted by Crippen LogP contribution is 2.21. The first kappa shape index (κ1) is 11.4. The average molecular weight is 211 g/mol. The van der Waals surface area contributed by atoms with Gasteiger partial charge in [0.2, 0.25) is 0 Å². The fourth-order valence-corrected chi connectivity index (χ4v) is 2.77. The molecule has 15 heavy (non-hydrogen) atoms. The molecule has 0 spiro atoms. The van der Waals surface area contributed by atoms with E-state index >= 15 is 0 Å². The Morgan fingerprint density at radius 3 is 2.80 bits per heavy atom. The fraction of sp³-hybridized carbons (Fsp3) is 1.00. The molecule has 0 aliphatic carbocycles. The van der Waals surface area contributed by atoms with Crippen LogP contribution in [0.5, 0.6) is 0 Å². The van der Waals surface area contributed by atoms with Gasteiger partial charge in [-0.3, -0.25) is 0 Å². The van der Waals surface area contributed by atoms with E-state index in [0.29, 0.717) is 6.10 Å². The van der Waals surface area contributed by atoms with E-state index in [1.54, 1.807) is 0 Å². The Morgan fingerprint density at radius 2 is 2.13 bits per heavy atom. The third kappa shape index (κ3) is 3.76. The molecule has 2 fully saturated rings. The first-order valence-corrected chi connectivity index (χ1v) is 6.69. The van der Waals surface area contributed by atoms with Gasteiger partial charge in [0.25, 0.3) is 0 Å². The van der Waals surface area contributed by atoms with Gasteiger partial charge in [0.15, 0.2) is 0 Å². The average Bonchev–Trinajstić information content (AvgIpc) is 2.74. The van der Waals surface area contributed by atoms with Crippen LogP contribution in [0.4, 0.5) is 0 Å². The van der Waals surface area contributed by atoms with Crippen LogP contribution in [0.1, 0.15) is 51.9 Å². The zero-order valence-electron chi connectivity index (χ0n) is 10.0. The van der Waals surface area contributed by atoms with E-state index in [9.17, 15) is 0 Å². The van der Waals surface area contributed by atoms with Crippen molar-refractivity contribution in [3.8, 4) is 0 Å². The summed E-state index contributed by atoms with van der Waals surface area (Å²) in [6.07, 6.45) is 9.95. The second kappa shape index (κ2) is 5.86. The van der Waals surface area contributed by atoms with E-state index in [0.717, 1.165) is 18.6 Å². The first-order chi connectivity index (χ1) is 7.34. The van der Waals surface area contributed by atoms with Gasteiger partial charge in [0.1, 0.15) is 0 Å². The molecule has 0 amide bonds. The lowest BCUT2D eigenvalue weighted by Crippen LogP contribution is -2.37. The van der Waals surface area contributed by atoms with Gasteiger partial charge >= 0.3 is 0 Å². The second-order valence-corrected chi connectivity index (χ2v) is 5.35. The van der Waals surface area contributed by atoms with Crippen molar-refractivity contribution >= 4 is 0 Å². The van der Waals surface area contributed by atoms with Crippen LogP contribution in [-0.4, -0.2) is 25.3 Å². The van der Waals surface area contributed by atoms with Crippen LogP contribution in [-0.2, 0) is 4.74 Å². The van der Waals surface area contributed by atoms with E-state index in [-0.39, 0.29) is 0 Å². The van der Waals surface area contributed by atoms with Crippen LogP contribution < -0.4 is 5.32 Å². The minimum absolute atomic E-state index is 0.590. The fourth-order valence-electron chi connectivity index (χ4n) is 2.77. The molecule has 2 saturated heterocycles. The summed E-state index contributed by atoms with van der Waals surface area (Å²) >= 11 is 0. The first-order valence-electron chi connectivity index (χ1n) is 6.69. The molecule has 0 aromatic heterocycles. The van der Waals surface area contributed by atoms with Crippen molar-refractivity contribution < 1.29 is 4.74 Å². The predicted octanol–water partition coefficient (Wildman–Crippen LogP) is 2.72. The van der Waals surface area contributed by atoms with E-state index in [1.165, 1.54) is 51.5 Å². The Kier molecular flexibility index (Phi) is 4.45. The lowest BCUT2D eigenvalue weighted by atomic mass is 9.93. The molecule has 2 aliphatic heterocycles. The quantitative estimate of drug-likeness (QED) is 0.772. The van der Waals surface area contributed by atoms with Crippen LogP contribution in [0.3, 0.4) is 0 Å². The molecule has 0 bridgehead atoms. The monoisotopic (exact) mass is 211 g/mol. The van der Waals surface area contributed by atoms with E-state index in [4.69, 9.17) is 4.74 Å². The molecule has 1 N–H and O–H groups in total. The van der Waals surface area contributed by atoms with Crippen molar-refractivity contribution in [2.45, 2.75) is 64.0 Å². The molecule has 3 unspecified atom stereocenters. The topological polar surface area (TPSA) is 21.3 Å². The number of rotatable bonds is 4. The number of piperidine rings is 1. The minimum atomic E-state index is 0.590. The zero-order chi connectivity index (χ0) is 10.5. The van der Waals surface area contributed by atoms with Crippen molar-refractivity contribution in [2.75, 3.05) is 13.2 Å². The van der Waals surface area contributed by atoms with Crippen molar-refractivity contribution in [1.29, 1.82) is 0 Å². The molecule has 2 heterocycles. The van der Waals surface area contributed by atoms with Crippen molar-refractivity contribution in [3.05, 3.63) is 0 Å². The predicted molar refractivity (Wildman–Crippen MR) is 63.0 cm³/mol. The third-order valence-electron chi connectivity index (χ3n) is 3.87. The SMILES string of the molecule is CC1CCC(CCCC2CCCO2)NC1. The molecule has 2 aliphatic rings. The summed E-state index contributed by atoms with van der Waals surface area (Å²) in [4.78, 5) is 0. The Hall–Kier alpha value is -0.0800. The summed E-state index contributed by atoms with van der Waals surface area (Å²) in [5.74, 6) is 0.888. The van der Waals surface area contributed by atoms with Gasteiger partial charge in [0.05, 0.1) is 6.10 Å². The van der Waals surface area contributed by atoms with E-state index in [2.05, 4.69) is 12.2 Å². The summed E-state index contributed by atoms with van der Waals surface area (Å²) in [7, 11) is 0. The number of hydrogen-bond acceptors (Lipinski definition) is 2. The van der Waals surface area contributed by atoms with E-state index < -0.39 is 0 Å². The summed E-state index contributed by atoms with van der Waals surface area (Å²) in [5, 5.41) is 3.65. The van der Waals surface area contributed by atoms with Gasteiger partial charge in [-0.25, -0.2) is 0 Å². The van der Waals surface area contributed by atoms with Gasteiger partial charge in [-0.05, 0) is 57.4 Å². The van der Waals surface area contributed by atoms with Gasteiger partial charge in [-0.2, -0.15) is 0 Å². The Morgan fingerprint density at radius 1 is 1.20 bits per heavy atom. The molecule has 2 rings (SSSR count). The van der Waals surface area contributed by atoms with Gasteiger partial charge in [-0.15, -0.1) is 0 Å². The van der Waals surface area contributed by atoms with Crippen molar-refractivity contribution in [3.63, 3.8) is 0 Å². The molecule has 3 atom stereocenters. The standard InChI is InChI=1S/C13H25NO/c1-11-7-8-12(14-10-11)4-2-5-13-6-3-9-15-13/h11-14H,2-10H2,1H3. The molecule has 0 aromatic rings. The Bertz CT molecular complexity index is 169. The maximum Gasteiger partial charge on any atom is 0.0576 e. The van der Waals surface area contributed by atoms with Crippen molar-refractivity contribution in [2.24, 2.45) is 5.92 Å². The number of ether oxygens (including phenoxy) is 1. The molecule has 88 valence electrons. The lowest BCUT2D eigenvalue weighted by molar-refractivity contribution is 0.101. The normalized spacial score (nSPS) is 37.0. The number of nitrogens with one attached hydrogen (secondary N) is 1. The molecule has 0 aromatic carbocycles. The summed E-state index contributed by atoms with van der Waals surface area (Å²) < 4.78 is 5.64. The number of hydrogen-bond donors (Lipinski definition) is 1. The molecule has 2 nitrogen and oxygen atoms in total. The highest BCUT2D eigenvalue weighted by molar-refractivity contribution is 4.76. The van der Waals surface area contributed by atoms with Crippen molar-refractivity contribution in [1.82, 2.24) is 5.32 Å². The Labute approximate surface area is 93.8 Å². The largest absolute Gasteiger partial charge is 0.378 e. The molecular weight excluding hydrogens is 186 g/mol. The highest BCUT2D eigenvalue weighted by atomic mass is 16.5. The smallest absolute Gasteiger partial charge is 0.0576 e. The van der Waals surface area contributed by atoms with Crippen LogP contribution in [0.25, 0.3) is 0 Å². The summed E-state index contributed by atoms with van der Waals surface area (Å²) in [6, 6.07) is 0.794. The lowest BCUT2D eigenvalue weighted by Gasteiger charge is -2.28. The summed E-state index contributed by atoms with van der Waals surface area (Å²) in [6.45, 7) is 4.57. The molecular formula is C13H25NO. The molecule has 0 saturated carbocycles. The molecule has 2 heteroatoms. The van der Waals surface area contributed by atoms with Gasteiger partial charge < -0.3 is 10.1 Å². The van der Waals surface area contributed by atoms with Gasteiger partial charge in [0, 0.05) is 12.6 Å². The summed E-state index contributed by atoms with van der Waals surface area (Å²) in [5.41, 5.74) is 0. The van der Waals surface area contributed by atoms with Crippen LogP contribution in [0.15, 0.2) is 0 Å². The second-order valence-electron chi connectivity index (χ2n) is 5.35. The van der Waals surface area contributed by atoms with Crippen LogP contribution >= 0.6 is 0 Å². The third-order valence-corrected chi connectivity index (χ3v) is 3.87. The van der Waals surface area contributed by atoms with Crippen LogP contribution in [0, 0.1) is 5.92 Å². The highest BCUT2D eigenvalue weighted by Gasteiger charge is 2.19. The van der Waals surface area contributed by atoms with E-state index in [1.807, 2.05) is 0 Å². The van der Waals surface area contributed by atoms with Gasteiger partial charge in [-0.1, -0.05) is 6.92 Å². The Balaban J connectivity index is 1.53.